The molecule has 2 N–H and O–H groups in total. The molecule has 0 bridgehead atoms. The Bertz CT molecular complexity index is 584. The van der Waals surface area contributed by atoms with Gasteiger partial charge in [-0.1, -0.05) is 12.1 Å². The summed E-state index contributed by atoms with van der Waals surface area (Å²) in [6, 6.07) is 11.2. The lowest BCUT2D eigenvalue weighted by Gasteiger charge is -2.13. The molecule has 0 spiro atoms. The molecule has 0 atom stereocenters. The molecule has 5 heteroatoms. The molecule has 1 aromatic carbocycles. The van der Waals surface area contributed by atoms with Gasteiger partial charge in [-0.05, 0) is 38.4 Å². The number of benzene rings is 1. The van der Waals surface area contributed by atoms with Crippen molar-refractivity contribution in [3.63, 3.8) is 0 Å². The van der Waals surface area contributed by atoms with Crippen LogP contribution in [0.4, 0.5) is 11.4 Å². The van der Waals surface area contributed by atoms with Crippen LogP contribution in [0.1, 0.15) is 10.4 Å². The van der Waals surface area contributed by atoms with E-state index in [4.69, 9.17) is 0 Å². The molecule has 2 rings (SSSR count). The van der Waals surface area contributed by atoms with E-state index in [1.165, 1.54) is 0 Å². The molecule has 0 fully saturated rings. The SMILES string of the molecule is CN(C)CCNC(=O)c1ccccc1Nc1cccnc1. The molecule has 0 aliphatic heterocycles. The van der Waals surface area contributed by atoms with Gasteiger partial charge in [-0.3, -0.25) is 9.78 Å². The van der Waals surface area contributed by atoms with E-state index in [0.717, 1.165) is 17.9 Å². The Balaban J connectivity index is 2.07. The molecule has 1 amide bonds. The lowest BCUT2D eigenvalue weighted by molar-refractivity contribution is 0.0952. The number of anilines is 2. The Hall–Kier alpha value is -2.40. The number of nitrogens with one attached hydrogen (secondary N) is 2. The van der Waals surface area contributed by atoms with E-state index >= 15 is 0 Å². The molecule has 0 saturated heterocycles. The van der Waals surface area contributed by atoms with Crippen molar-refractivity contribution in [3.8, 4) is 0 Å². The molecule has 0 aliphatic rings. The highest BCUT2D eigenvalue weighted by molar-refractivity contribution is 6.00. The maximum atomic E-state index is 12.3. The van der Waals surface area contributed by atoms with Gasteiger partial charge in [0.2, 0.25) is 0 Å². The first kappa shape index (κ1) is 15.0. The third-order valence-corrected chi connectivity index (χ3v) is 2.96. The van der Waals surface area contributed by atoms with Crippen LogP contribution >= 0.6 is 0 Å². The normalized spacial score (nSPS) is 10.4. The number of amides is 1. The molecule has 5 nitrogen and oxygen atoms in total. The van der Waals surface area contributed by atoms with E-state index in [1.807, 2.05) is 55.4 Å². The second-order valence-electron chi connectivity index (χ2n) is 4.97. The summed E-state index contributed by atoms with van der Waals surface area (Å²) in [7, 11) is 3.95. The van der Waals surface area contributed by atoms with Gasteiger partial charge in [-0.2, -0.15) is 0 Å². The summed E-state index contributed by atoms with van der Waals surface area (Å²) >= 11 is 0. The Morgan fingerprint density at radius 1 is 1.19 bits per heavy atom. The van der Waals surface area contributed by atoms with Crippen LogP contribution in [0.2, 0.25) is 0 Å². The van der Waals surface area contributed by atoms with Gasteiger partial charge < -0.3 is 15.5 Å². The van der Waals surface area contributed by atoms with Crippen LogP contribution in [0.5, 0.6) is 0 Å². The average molecular weight is 284 g/mol. The fraction of sp³-hybridized carbons (Fsp3) is 0.250. The van der Waals surface area contributed by atoms with Gasteiger partial charge in [0.25, 0.3) is 5.91 Å². The molecule has 2 aromatic rings. The Morgan fingerprint density at radius 2 is 2.00 bits per heavy atom. The number of carbonyl (C=O) groups excluding carboxylic acids is 1. The molecule has 21 heavy (non-hydrogen) atoms. The topological polar surface area (TPSA) is 57.3 Å². The zero-order chi connectivity index (χ0) is 15.1. The van der Waals surface area contributed by atoms with Gasteiger partial charge in [0, 0.05) is 19.3 Å². The molecule has 0 unspecified atom stereocenters. The molecular formula is C16H20N4O. The largest absolute Gasteiger partial charge is 0.354 e. The van der Waals surface area contributed by atoms with Crippen LogP contribution in [0.3, 0.4) is 0 Å². The quantitative estimate of drug-likeness (QED) is 0.853. The second kappa shape index (κ2) is 7.40. The van der Waals surface area contributed by atoms with Crippen molar-refractivity contribution in [1.82, 2.24) is 15.2 Å². The van der Waals surface area contributed by atoms with Gasteiger partial charge in [0.05, 0.1) is 23.1 Å². The lowest BCUT2D eigenvalue weighted by Crippen LogP contribution is -2.31. The van der Waals surface area contributed by atoms with Crippen LogP contribution in [0.25, 0.3) is 0 Å². The van der Waals surface area contributed by atoms with Gasteiger partial charge in [-0.15, -0.1) is 0 Å². The number of aromatic nitrogens is 1. The van der Waals surface area contributed by atoms with Gasteiger partial charge in [0.1, 0.15) is 0 Å². The minimum Gasteiger partial charge on any atom is -0.354 e. The summed E-state index contributed by atoms with van der Waals surface area (Å²) in [6.07, 6.45) is 3.44. The summed E-state index contributed by atoms with van der Waals surface area (Å²) in [5.41, 5.74) is 2.25. The van der Waals surface area contributed by atoms with Crippen LogP contribution in [-0.2, 0) is 0 Å². The van der Waals surface area contributed by atoms with E-state index in [9.17, 15) is 4.79 Å². The molecule has 0 radical (unpaired) electrons. The zero-order valence-corrected chi connectivity index (χ0v) is 12.3. The average Bonchev–Trinajstić information content (AvgIpc) is 2.48. The first-order valence-electron chi connectivity index (χ1n) is 6.86. The van der Waals surface area contributed by atoms with Crippen LogP contribution in [0, 0.1) is 0 Å². The van der Waals surface area contributed by atoms with Crippen LogP contribution < -0.4 is 10.6 Å². The number of para-hydroxylation sites is 1. The summed E-state index contributed by atoms with van der Waals surface area (Å²) in [4.78, 5) is 18.3. The minimum atomic E-state index is -0.0798. The number of pyridine rings is 1. The van der Waals surface area contributed by atoms with E-state index in [1.54, 1.807) is 12.4 Å². The lowest BCUT2D eigenvalue weighted by atomic mass is 10.1. The summed E-state index contributed by atoms with van der Waals surface area (Å²) in [5.74, 6) is -0.0798. The minimum absolute atomic E-state index is 0.0798. The predicted molar refractivity (Wildman–Crippen MR) is 84.8 cm³/mol. The number of hydrogen-bond donors (Lipinski definition) is 2. The van der Waals surface area contributed by atoms with E-state index in [-0.39, 0.29) is 5.91 Å². The van der Waals surface area contributed by atoms with Crippen LogP contribution in [0.15, 0.2) is 48.8 Å². The highest BCUT2D eigenvalue weighted by Crippen LogP contribution is 2.19. The van der Waals surface area contributed by atoms with Crippen molar-refractivity contribution in [2.45, 2.75) is 0 Å². The van der Waals surface area contributed by atoms with Gasteiger partial charge >= 0.3 is 0 Å². The fourth-order valence-corrected chi connectivity index (χ4v) is 1.87. The number of likely N-dealkylation sites (N-methyl/N-ethyl adjacent to an activating group) is 1. The van der Waals surface area contributed by atoms with E-state index in [2.05, 4.69) is 15.6 Å². The zero-order valence-electron chi connectivity index (χ0n) is 12.3. The first-order valence-corrected chi connectivity index (χ1v) is 6.86. The summed E-state index contributed by atoms with van der Waals surface area (Å²) < 4.78 is 0. The van der Waals surface area contributed by atoms with Crippen molar-refractivity contribution in [2.75, 3.05) is 32.5 Å². The highest BCUT2D eigenvalue weighted by atomic mass is 16.1. The number of nitrogens with zero attached hydrogens (tertiary/aromatic N) is 2. The second-order valence-corrected chi connectivity index (χ2v) is 4.97. The highest BCUT2D eigenvalue weighted by Gasteiger charge is 2.10. The monoisotopic (exact) mass is 284 g/mol. The molecular weight excluding hydrogens is 264 g/mol. The van der Waals surface area contributed by atoms with Crippen molar-refractivity contribution in [2.24, 2.45) is 0 Å². The van der Waals surface area contributed by atoms with E-state index in [0.29, 0.717) is 12.1 Å². The van der Waals surface area contributed by atoms with Crippen molar-refractivity contribution >= 4 is 17.3 Å². The molecule has 0 aliphatic carbocycles. The predicted octanol–water partition coefficient (Wildman–Crippen LogP) is 2.12. The van der Waals surface area contributed by atoms with Crippen LogP contribution in [-0.4, -0.2) is 43.0 Å². The smallest absolute Gasteiger partial charge is 0.253 e. The molecule has 0 saturated carbocycles. The third kappa shape index (κ3) is 4.57. The Morgan fingerprint density at radius 3 is 2.71 bits per heavy atom. The first-order chi connectivity index (χ1) is 10.2. The molecule has 1 heterocycles. The fourth-order valence-electron chi connectivity index (χ4n) is 1.87. The van der Waals surface area contributed by atoms with Crippen molar-refractivity contribution in [1.29, 1.82) is 0 Å². The Labute approximate surface area is 125 Å². The Kier molecular flexibility index (Phi) is 5.29. The van der Waals surface area contributed by atoms with Gasteiger partial charge in [-0.25, -0.2) is 0 Å². The number of hydrogen-bond acceptors (Lipinski definition) is 4. The standard InChI is InChI=1S/C16H20N4O/c1-20(2)11-10-18-16(21)14-7-3-4-8-15(14)19-13-6-5-9-17-12-13/h3-9,12,19H,10-11H2,1-2H3,(H,18,21). The van der Waals surface area contributed by atoms with Crippen molar-refractivity contribution < 1.29 is 4.79 Å². The summed E-state index contributed by atoms with van der Waals surface area (Å²) in [6.45, 7) is 1.43. The molecule has 110 valence electrons. The maximum absolute atomic E-state index is 12.3. The summed E-state index contributed by atoms with van der Waals surface area (Å²) in [5, 5.41) is 6.14. The van der Waals surface area contributed by atoms with E-state index < -0.39 is 0 Å². The van der Waals surface area contributed by atoms with Gasteiger partial charge in [0.15, 0.2) is 0 Å². The molecule has 1 aromatic heterocycles. The number of rotatable bonds is 6. The maximum Gasteiger partial charge on any atom is 0.253 e. The van der Waals surface area contributed by atoms with Crippen molar-refractivity contribution in [3.05, 3.63) is 54.4 Å². The number of carbonyl (C=O) groups is 1. The third-order valence-electron chi connectivity index (χ3n) is 2.96.